The molecule has 1 amide bonds. The second-order valence-electron chi connectivity index (χ2n) is 6.64. The maximum atomic E-state index is 12.6. The van der Waals surface area contributed by atoms with E-state index in [1.807, 2.05) is 18.2 Å². The molecule has 3 aromatic rings. The molecule has 0 saturated heterocycles. The maximum absolute atomic E-state index is 12.6. The number of rotatable bonds is 7. The lowest BCUT2D eigenvalue weighted by molar-refractivity contribution is -0.115. The number of carbonyl (C=O) groups is 1. The van der Waals surface area contributed by atoms with Gasteiger partial charge in [0.05, 0.1) is 18.4 Å². The third-order valence-electron chi connectivity index (χ3n) is 4.20. The number of carbonyl (C=O) groups excluding carboxylic acids is 1. The number of para-hydroxylation sites is 1. The lowest BCUT2D eigenvalue weighted by atomic mass is 10.1. The summed E-state index contributed by atoms with van der Waals surface area (Å²) in [5.74, 6) is 0.410. The highest BCUT2D eigenvalue weighted by atomic mass is 32.2. The Morgan fingerprint density at radius 3 is 2.27 bits per heavy atom. The normalized spacial score (nSPS) is 11.0. The number of sulfonamides is 1. The summed E-state index contributed by atoms with van der Waals surface area (Å²) in [5, 5.41) is 2.75. The van der Waals surface area contributed by atoms with Crippen LogP contribution in [0.2, 0.25) is 0 Å². The average molecular weight is 426 g/mol. The zero-order valence-corrected chi connectivity index (χ0v) is 17.7. The highest BCUT2D eigenvalue weighted by Crippen LogP contribution is 2.20. The van der Waals surface area contributed by atoms with E-state index in [0.29, 0.717) is 22.8 Å². The average Bonchev–Trinajstić information content (AvgIpc) is 2.67. The molecule has 0 bridgehead atoms. The van der Waals surface area contributed by atoms with Crippen molar-refractivity contribution in [3.8, 4) is 5.75 Å². The summed E-state index contributed by atoms with van der Waals surface area (Å²) >= 11 is 0. The molecule has 0 aliphatic heterocycles. The summed E-state index contributed by atoms with van der Waals surface area (Å²) in [6.45, 7) is 3.52. The molecule has 0 radical (unpaired) electrons. The third-order valence-corrected chi connectivity index (χ3v) is 5.54. The Labute approximate surface area is 175 Å². The van der Waals surface area contributed by atoms with Crippen LogP contribution in [-0.4, -0.2) is 31.4 Å². The van der Waals surface area contributed by atoms with Gasteiger partial charge in [0.15, 0.2) is 0 Å². The van der Waals surface area contributed by atoms with Crippen LogP contribution in [0, 0.1) is 13.8 Å². The lowest BCUT2D eigenvalue weighted by Crippen LogP contribution is -2.17. The molecule has 3 rings (SSSR count). The number of aryl methyl sites for hydroxylation is 2. The van der Waals surface area contributed by atoms with Crippen LogP contribution in [-0.2, 0) is 21.2 Å². The standard InChI is InChI=1S/C21H22N4O4S/c1-14-12-15(2)23-21(22-14)25-30(27,28)18-10-8-17(9-11-18)24-20(26)13-16-6-4-5-7-19(16)29-3/h4-12H,13H2,1-3H3,(H,24,26)(H,22,23,25). The minimum atomic E-state index is -3.85. The molecule has 0 aliphatic carbocycles. The summed E-state index contributed by atoms with van der Waals surface area (Å²) in [4.78, 5) is 20.5. The molecule has 0 spiro atoms. The van der Waals surface area contributed by atoms with Crippen molar-refractivity contribution in [3.05, 3.63) is 71.5 Å². The van der Waals surface area contributed by atoms with Gasteiger partial charge < -0.3 is 10.1 Å². The predicted octanol–water partition coefficient (Wildman–Crippen LogP) is 3.08. The van der Waals surface area contributed by atoms with E-state index in [9.17, 15) is 13.2 Å². The fourth-order valence-corrected chi connectivity index (χ4v) is 3.84. The Morgan fingerprint density at radius 1 is 1.00 bits per heavy atom. The minimum Gasteiger partial charge on any atom is -0.496 e. The van der Waals surface area contributed by atoms with Crippen molar-refractivity contribution in [1.29, 1.82) is 0 Å². The van der Waals surface area contributed by atoms with Crippen LogP contribution in [0.3, 0.4) is 0 Å². The third kappa shape index (κ3) is 5.32. The first kappa shape index (κ1) is 21.3. The molecule has 0 atom stereocenters. The number of aromatic nitrogens is 2. The van der Waals surface area contributed by atoms with Crippen molar-refractivity contribution in [1.82, 2.24) is 9.97 Å². The van der Waals surface area contributed by atoms with Crippen LogP contribution >= 0.6 is 0 Å². The molecular weight excluding hydrogens is 404 g/mol. The van der Waals surface area contributed by atoms with Crippen LogP contribution in [0.5, 0.6) is 5.75 Å². The molecule has 2 N–H and O–H groups in total. The first-order chi connectivity index (χ1) is 14.3. The first-order valence-corrected chi connectivity index (χ1v) is 10.6. The van der Waals surface area contributed by atoms with Gasteiger partial charge in [-0.3, -0.25) is 4.79 Å². The minimum absolute atomic E-state index is 0.0155. The van der Waals surface area contributed by atoms with Gasteiger partial charge in [-0.1, -0.05) is 18.2 Å². The molecule has 0 saturated carbocycles. The van der Waals surface area contributed by atoms with Gasteiger partial charge in [0.1, 0.15) is 5.75 Å². The molecule has 9 heteroatoms. The Bertz CT molecular complexity index is 1140. The predicted molar refractivity (Wildman–Crippen MR) is 114 cm³/mol. The van der Waals surface area contributed by atoms with Gasteiger partial charge >= 0.3 is 0 Å². The number of ether oxygens (including phenoxy) is 1. The first-order valence-electron chi connectivity index (χ1n) is 9.14. The van der Waals surface area contributed by atoms with E-state index in [-0.39, 0.29) is 23.2 Å². The Balaban J connectivity index is 1.68. The molecule has 0 aliphatic rings. The Morgan fingerprint density at radius 2 is 1.63 bits per heavy atom. The van der Waals surface area contributed by atoms with E-state index in [2.05, 4.69) is 20.0 Å². The van der Waals surface area contributed by atoms with E-state index >= 15 is 0 Å². The number of nitrogens with zero attached hydrogens (tertiary/aromatic N) is 2. The van der Waals surface area contributed by atoms with Gasteiger partial charge in [0.25, 0.3) is 10.0 Å². The number of hydrogen-bond acceptors (Lipinski definition) is 6. The van der Waals surface area contributed by atoms with Crippen LogP contribution in [0.1, 0.15) is 17.0 Å². The maximum Gasteiger partial charge on any atom is 0.264 e. The van der Waals surface area contributed by atoms with Crippen molar-refractivity contribution in [2.75, 3.05) is 17.1 Å². The van der Waals surface area contributed by atoms with Crippen LogP contribution < -0.4 is 14.8 Å². The molecule has 0 fully saturated rings. The van der Waals surface area contributed by atoms with Gasteiger partial charge in [-0.05, 0) is 50.2 Å². The molecule has 30 heavy (non-hydrogen) atoms. The largest absolute Gasteiger partial charge is 0.496 e. The number of methoxy groups -OCH3 is 1. The molecule has 2 aromatic carbocycles. The Kier molecular flexibility index (Phi) is 6.31. The molecule has 1 aromatic heterocycles. The van der Waals surface area contributed by atoms with Crippen molar-refractivity contribution in [3.63, 3.8) is 0 Å². The van der Waals surface area contributed by atoms with E-state index in [1.54, 1.807) is 33.1 Å². The van der Waals surface area contributed by atoms with Crippen molar-refractivity contribution in [2.45, 2.75) is 25.2 Å². The summed E-state index contributed by atoms with van der Waals surface area (Å²) < 4.78 is 32.8. The summed E-state index contributed by atoms with van der Waals surface area (Å²) in [6, 6.07) is 14.9. The molecule has 156 valence electrons. The Hall–Kier alpha value is -3.46. The van der Waals surface area contributed by atoms with E-state index in [1.165, 1.54) is 24.3 Å². The monoisotopic (exact) mass is 426 g/mol. The number of nitrogens with one attached hydrogen (secondary N) is 2. The summed E-state index contributed by atoms with van der Waals surface area (Å²) in [7, 11) is -2.31. The van der Waals surface area contributed by atoms with E-state index in [0.717, 1.165) is 5.56 Å². The van der Waals surface area contributed by atoms with E-state index in [4.69, 9.17) is 4.74 Å². The smallest absolute Gasteiger partial charge is 0.264 e. The van der Waals surface area contributed by atoms with Gasteiger partial charge in [0.2, 0.25) is 11.9 Å². The highest BCUT2D eigenvalue weighted by molar-refractivity contribution is 7.92. The van der Waals surface area contributed by atoms with Gasteiger partial charge in [-0.15, -0.1) is 0 Å². The zero-order valence-electron chi connectivity index (χ0n) is 16.8. The summed E-state index contributed by atoms with van der Waals surface area (Å²) in [6.07, 6.45) is 0.135. The number of hydrogen-bond donors (Lipinski definition) is 2. The molecule has 0 unspecified atom stereocenters. The number of anilines is 2. The second kappa shape index (κ2) is 8.91. The molecule has 1 heterocycles. The van der Waals surface area contributed by atoms with Crippen molar-refractivity contribution in [2.24, 2.45) is 0 Å². The number of amides is 1. The fraction of sp³-hybridized carbons (Fsp3) is 0.190. The fourth-order valence-electron chi connectivity index (χ4n) is 2.90. The summed E-state index contributed by atoms with van der Waals surface area (Å²) in [5.41, 5.74) is 2.56. The van der Waals surface area contributed by atoms with Crippen molar-refractivity contribution < 1.29 is 17.9 Å². The van der Waals surface area contributed by atoms with Gasteiger partial charge in [-0.25, -0.2) is 23.1 Å². The SMILES string of the molecule is COc1ccccc1CC(=O)Nc1ccc(S(=O)(=O)Nc2nc(C)cc(C)n2)cc1. The second-order valence-corrected chi connectivity index (χ2v) is 8.32. The molecule has 8 nitrogen and oxygen atoms in total. The van der Waals surface area contributed by atoms with Gasteiger partial charge in [0, 0.05) is 22.6 Å². The van der Waals surface area contributed by atoms with E-state index < -0.39 is 10.0 Å². The number of benzene rings is 2. The van der Waals surface area contributed by atoms with Crippen LogP contribution in [0.4, 0.5) is 11.6 Å². The quantitative estimate of drug-likeness (QED) is 0.601. The molecular formula is C21H22N4O4S. The zero-order chi connectivity index (χ0) is 21.7. The van der Waals surface area contributed by atoms with Crippen LogP contribution in [0.15, 0.2) is 59.5 Å². The topological polar surface area (TPSA) is 110 Å². The highest BCUT2D eigenvalue weighted by Gasteiger charge is 2.16. The van der Waals surface area contributed by atoms with Crippen LogP contribution in [0.25, 0.3) is 0 Å². The lowest BCUT2D eigenvalue weighted by Gasteiger charge is -2.10. The van der Waals surface area contributed by atoms with Gasteiger partial charge in [-0.2, -0.15) is 0 Å². The van der Waals surface area contributed by atoms with Crippen molar-refractivity contribution >= 4 is 27.6 Å².